The quantitative estimate of drug-likeness (QED) is 0.427. The van der Waals surface area contributed by atoms with E-state index in [1.807, 2.05) is 0 Å². The summed E-state index contributed by atoms with van der Waals surface area (Å²) in [6.07, 6.45) is 0. The second-order valence-electron chi connectivity index (χ2n) is 7.21. The fourth-order valence-corrected chi connectivity index (χ4v) is 3.50. The van der Waals surface area contributed by atoms with Gasteiger partial charge in [0, 0.05) is 0 Å². The van der Waals surface area contributed by atoms with Crippen LogP contribution in [0.15, 0.2) is 0 Å². The van der Waals surface area contributed by atoms with Gasteiger partial charge in [0.25, 0.3) is 0 Å². The molecule has 0 fully saturated rings. The first-order valence-electron chi connectivity index (χ1n) is 6.59. The molecule has 7 N–H and O–H groups in total. The van der Waals surface area contributed by atoms with Gasteiger partial charge in [0.1, 0.15) is 0 Å². The first kappa shape index (κ1) is 13.8. The van der Waals surface area contributed by atoms with Crippen LogP contribution < -0.4 is 17.2 Å². The van der Waals surface area contributed by atoms with Crippen molar-refractivity contribution in [2.24, 2.45) is 5.41 Å². The highest BCUT2D eigenvalue weighted by Crippen LogP contribution is 2.66. The largest absolute Gasteiger partial charge is 0.504 e. The topological polar surface area (TPSA) is 98.3 Å². The van der Waals surface area contributed by atoms with Gasteiger partial charge in [-0.15, -0.1) is 0 Å². The van der Waals surface area contributed by atoms with Gasteiger partial charge in [0.05, 0.1) is 17.1 Å². The number of phenols is 1. The summed E-state index contributed by atoms with van der Waals surface area (Å²) in [6, 6.07) is 0. The number of anilines is 3. The predicted molar refractivity (Wildman–Crippen MR) is 81.2 cm³/mol. The van der Waals surface area contributed by atoms with Crippen LogP contribution in [-0.4, -0.2) is 5.11 Å². The molecule has 2 rings (SSSR count). The first-order chi connectivity index (χ1) is 8.39. The molecular weight excluding hydrogens is 238 g/mol. The van der Waals surface area contributed by atoms with E-state index in [1.54, 1.807) is 0 Å². The van der Waals surface area contributed by atoms with Crippen LogP contribution in [0.3, 0.4) is 0 Å². The van der Waals surface area contributed by atoms with Gasteiger partial charge in [-0.2, -0.15) is 0 Å². The van der Waals surface area contributed by atoms with Crippen LogP contribution in [0.1, 0.15) is 52.7 Å². The van der Waals surface area contributed by atoms with E-state index in [2.05, 4.69) is 41.5 Å². The number of phenolic OH excluding ortho intramolecular Hbond substituents is 1. The van der Waals surface area contributed by atoms with E-state index in [4.69, 9.17) is 17.2 Å². The van der Waals surface area contributed by atoms with E-state index in [-0.39, 0.29) is 27.7 Å². The number of fused-ring (bicyclic) bond motifs is 1. The van der Waals surface area contributed by atoms with Crippen molar-refractivity contribution in [2.75, 3.05) is 17.2 Å². The number of rotatable bonds is 0. The van der Waals surface area contributed by atoms with Gasteiger partial charge in [-0.25, -0.2) is 0 Å². The van der Waals surface area contributed by atoms with Crippen LogP contribution in [0.2, 0.25) is 0 Å². The molecule has 0 spiro atoms. The van der Waals surface area contributed by atoms with Crippen LogP contribution in [0.5, 0.6) is 5.75 Å². The number of hydrogen-bond acceptors (Lipinski definition) is 4. The Morgan fingerprint density at radius 2 is 1.05 bits per heavy atom. The van der Waals surface area contributed by atoms with Crippen molar-refractivity contribution in [1.29, 1.82) is 0 Å². The van der Waals surface area contributed by atoms with Gasteiger partial charge < -0.3 is 22.3 Å². The molecule has 0 heterocycles. The zero-order valence-electron chi connectivity index (χ0n) is 12.7. The van der Waals surface area contributed by atoms with Crippen LogP contribution >= 0.6 is 0 Å². The highest BCUT2D eigenvalue weighted by Gasteiger charge is 2.59. The Morgan fingerprint density at radius 3 is 1.47 bits per heavy atom. The van der Waals surface area contributed by atoms with E-state index in [0.717, 1.165) is 11.1 Å². The number of nitrogens with two attached hydrogens (primary N) is 3. The van der Waals surface area contributed by atoms with E-state index in [0.29, 0.717) is 11.4 Å². The second kappa shape index (κ2) is 3.30. The SMILES string of the molecule is CC1(C)c2c(N)c(N)c(O)c(N)c2C(C)(C)C1(C)C. The minimum atomic E-state index is -0.199. The van der Waals surface area contributed by atoms with Crippen molar-refractivity contribution in [1.82, 2.24) is 0 Å². The summed E-state index contributed by atoms with van der Waals surface area (Å²) in [5, 5.41) is 10.1. The Bertz CT molecular complexity index is 522. The molecule has 0 radical (unpaired) electrons. The molecule has 1 aliphatic rings. The summed E-state index contributed by atoms with van der Waals surface area (Å²) in [4.78, 5) is 0. The maximum Gasteiger partial charge on any atom is 0.164 e. The van der Waals surface area contributed by atoms with Gasteiger partial charge >= 0.3 is 0 Å². The minimum absolute atomic E-state index is 0.0647. The molecule has 106 valence electrons. The van der Waals surface area contributed by atoms with Gasteiger partial charge in [-0.3, -0.25) is 0 Å². The van der Waals surface area contributed by atoms with E-state index < -0.39 is 0 Å². The highest BCUT2D eigenvalue weighted by atomic mass is 16.3. The first-order valence-corrected chi connectivity index (χ1v) is 6.59. The summed E-state index contributed by atoms with van der Waals surface area (Å²) in [6.45, 7) is 13.0. The van der Waals surface area contributed by atoms with Crippen molar-refractivity contribution < 1.29 is 5.11 Å². The molecule has 0 bridgehead atoms. The molecule has 0 saturated heterocycles. The Balaban J connectivity index is 3.02. The van der Waals surface area contributed by atoms with E-state index in [1.165, 1.54) is 0 Å². The summed E-state index contributed by atoms with van der Waals surface area (Å²) in [5.74, 6) is -0.0853. The molecular formula is C15H25N3O. The van der Waals surface area contributed by atoms with Crippen molar-refractivity contribution >= 4 is 17.1 Å². The Kier molecular flexibility index (Phi) is 2.40. The molecule has 1 aliphatic carbocycles. The average Bonchev–Trinajstić information content (AvgIpc) is 2.39. The number of aromatic hydroxyl groups is 1. The van der Waals surface area contributed by atoms with Gasteiger partial charge in [0.15, 0.2) is 5.75 Å². The summed E-state index contributed by atoms with van der Waals surface area (Å²) >= 11 is 0. The van der Waals surface area contributed by atoms with Crippen LogP contribution in [0.25, 0.3) is 0 Å². The third-order valence-corrected chi connectivity index (χ3v) is 5.96. The van der Waals surface area contributed by atoms with Gasteiger partial charge in [-0.1, -0.05) is 41.5 Å². The lowest BCUT2D eigenvalue weighted by molar-refractivity contribution is 0.125. The number of benzene rings is 1. The third kappa shape index (κ3) is 1.24. The fraction of sp³-hybridized carbons (Fsp3) is 0.600. The predicted octanol–water partition coefficient (Wildman–Crippen LogP) is 2.73. The van der Waals surface area contributed by atoms with E-state index >= 15 is 0 Å². The molecule has 0 aromatic heterocycles. The monoisotopic (exact) mass is 263 g/mol. The molecule has 0 amide bonds. The molecule has 0 aliphatic heterocycles. The third-order valence-electron chi connectivity index (χ3n) is 5.96. The normalized spacial score (nSPS) is 22.2. The van der Waals surface area contributed by atoms with Gasteiger partial charge in [0.2, 0.25) is 0 Å². The molecule has 19 heavy (non-hydrogen) atoms. The zero-order valence-corrected chi connectivity index (χ0v) is 12.7. The number of hydrogen-bond donors (Lipinski definition) is 4. The standard InChI is InChI=1S/C15H25N3O/c1-13(2)7-8(14(3,4)15(13,5)6)10(17)12(19)11(18)9(7)16/h19H,16-18H2,1-6H3. The molecule has 4 nitrogen and oxygen atoms in total. The van der Waals surface area contributed by atoms with Crippen LogP contribution in [0.4, 0.5) is 17.1 Å². The summed E-state index contributed by atoms with van der Waals surface area (Å²) in [5.41, 5.74) is 20.7. The second-order valence-corrected chi connectivity index (χ2v) is 7.21. The Hall–Kier alpha value is -1.58. The fourth-order valence-electron chi connectivity index (χ4n) is 3.50. The average molecular weight is 263 g/mol. The van der Waals surface area contributed by atoms with Crippen molar-refractivity contribution in [2.45, 2.75) is 52.4 Å². The smallest absolute Gasteiger partial charge is 0.164 e. The lowest BCUT2D eigenvalue weighted by Crippen LogP contribution is -2.42. The van der Waals surface area contributed by atoms with E-state index in [9.17, 15) is 5.11 Å². The molecule has 4 heteroatoms. The molecule has 1 aromatic rings. The Morgan fingerprint density at radius 1 is 0.684 bits per heavy atom. The van der Waals surface area contributed by atoms with Gasteiger partial charge in [-0.05, 0) is 27.4 Å². The number of nitrogen functional groups attached to an aromatic ring is 3. The maximum atomic E-state index is 10.1. The Labute approximate surface area is 115 Å². The maximum absolute atomic E-state index is 10.1. The minimum Gasteiger partial charge on any atom is -0.504 e. The van der Waals surface area contributed by atoms with Crippen molar-refractivity contribution in [3.63, 3.8) is 0 Å². The molecule has 0 saturated carbocycles. The van der Waals surface area contributed by atoms with Crippen LogP contribution in [-0.2, 0) is 10.8 Å². The zero-order chi connectivity index (χ0) is 15.0. The lowest BCUT2D eigenvalue weighted by Gasteiger charge is -2.44. The highest BCUT2D eigenvalue weighted by molar-refractivity contribution is 5.87. The molecule has 0 unspecified atom stereocenters. The molecule has 0 atom stereocenters. The molecule has 1 aromatic carbocycles. The summed E-state index contributed by atoms with van der Waals surface area (Å²) in [7, 11) is 0. The van der Waals surface area contributed by atoms with Crippen molar-refractivity contribution in [3.05, 3.63) is 11.1 Å². The summed E-state index contributed by atoms with van der Waals surface area (Å²) < 4.78 is 0. The lowest BCUT2D eigenvalue weighted by atomic mass is 9.59. The van der Waals surface area contributed by atoms with Crippen molar-refractivity contribution in [3.8, 4) is 5.75 Å². The van der Waals surface area contributed by atoms with Crippen LogP contribution in [0, 0.1) is 5.41 Å².